The number of hydroxylamine groups is 1. The first-order chi connectivity index (χ1) is 7.16. The Morgan fingerprint density at radius 3 is 2.53 bits per heavy atom. The average Bonchev–Trinajstić information content (AvgIpc) is 2.23. The van der Waals surface area contributed by atoms with Crippen molar-refractivity contribution in [3.63, 3.8) is 0 Å². The van der Waals surface area contributed by atoms with Crippen molar-refractivity contribution in [2.75, 3.05) is 0 Å². The number of hydrogen-bond donors (Lipinski definition) is 3. The molecule has 5 nitrogen and oxygen atoms in total. The standard InChI is InChI=1S/C10H12N2O3/c1-6-2-4-7(5-3-6)8-11-9(13)10(14)15-12-8/h2-5,9-10,13-14H,1H3,(H,11,12)/t9-,10+/m0/s1. The minimum atomic E-state index is -1.32. The topological polar surface area (TPSA) is 74.1 Å². The molecule has 1 aliphatic heterocycles. The summed E-state index contributed by atoms with van der Waals surface area (Å²) in [5, 5.41) is 18.3. The Kier molecular flexibility index (Phi) is 2.68. The van der Waals surface area contributed by atoms with Crippen LogP contribution in [0.5, 0.6) is 0 Å². The first-order valence-electron chi connectivity index (χ1n) is 4.59. The molecule has 15 heavy (non-hydrogen) atoms. The lowest BCUT2D eigenvalue weighted by Crippen LogP contribution is -2.42. The van der Waals surface area contributed by atoms with E-state index < -0.39 is 12.5 Å². The predicted molar refractivity (Wildman–Crippen MR) is 54.0 cm³/mol. The molecule has 0 aromatic heterocycles. The maximum Gasteiger partial charge on any atom is 0.228 e. The zero-order chi connectivity index (χ0) is 10.8. The van der Waals surface area contributed by atoms with Gasteiger partial charge in [-0.05, 0) is 6.92 Å². The molecule has 2 rings (SSSR count). The lowest BCUT2D eigenvalue weighted by atomic mass is 10.1. The third-order valence-corrected chi connectivity index (χ3v) is 2.12. The molecule has 0 radical (unpaired) electrons. The number of hydrogen-bond acceptors (Lipinski definition) is 5. The van der Waals surface area contributed by atoms with Crippen molar-refractivity contribution < 1.29 is 15.1 Å². The Morgan fingerprint density at radius 1 is 1.27 bits per heavy atom. The van der Waals surface area contributed by atoms with Crippen molar-refractivity contribution >= 4 is 5.84 Å². The van der Waals surface area contributed by atoms with Crippen LogP contribution in [0.15, 0.2) is 29.3 Å². The molecule has 0 unspecified atom stereocenters. The first-order valence-corrected chi connectivity index (χ1v) is 4.59. The quantitative estimate of drug-likeness (QED) is 0.603. The number of amidine groups is 1. The molecule has 0 fully saturated rings. The van der Waals surface area contributed by atoms with Crippen molar-refractivity contribution in [1.82, 2.24) is 5.48 Å². The minimum Gasteiger partial charge on any atom is -0.367 e. The largest absolute Gasteiger partial charge is 0.367 e. The summed E-state index contributed by atoms with van der Waals surface area (Å²) in [6.45, 7) is 1.98. The van der Waals surface area contributed by atoms with Gasteiger partial charge in [0, 0.05) is 5.56 Å². The van der Waals surface area contributed by atoms with Gasteiger partial charge in [-0.15, -0.1) is 0 Å². The summed E-state index contributed by atoms with van der Waals surface area (Å²) in [6, 6.07) is 7.57. The van der Waals surface area contributed by atoms with E-state index in [0.29, 0.717) is 5.84 Å². The molecule has 1 aromatic rings. The van der Waals surface area contributed by atoms with Crippen molar-refractivity contribution in [3.05, 3.63) is 35.4 Å². The first kappa shape index (κ1) is 10.1. The van der Waals surface area contributed by atoms with Gasteiger partial charge in [0.05, 0.1) is 0 Å². The van der Waals surface area contributed by atoms with Crippen LogP contribution < -0.4 is 5.48 Å². The van der Waals surface area contributed by atoms with E-state index in [1.54, 1.807) is 0 Å². The molecule has 0 aliphatic carbocycles. The molecule has 0 bridgehead atoms. The number of aryl methyl sites for hydroxylation is 1. The van der Waals surface area contributed by atoms with Crippen LogP contribution in [-0.4, -0.2) is 28.6 Å². The molecule has 5 heteroatoms. The Labute approximate surface area is 87.0 Å². The summed E-state index contributed by atoms with van der Waals surface area (Å²) in [7, 11) is 0. The molecule has 1 aromatic carbocycles. The van der Waals surface area contributed by atoms with Crippen molar-refractivity contribution in [1.29, 1.82) is 0 Å². The van der Waals surface area contributed by atoms with E-state index in [2.05, 4.69) is 10.5 Å². The van der Waals surface area contributed by atoms with Gasteiger partial charge in [0.25, 0.3) is 0 Å². The molecule has 0 spiro atoms. The van der Waals surface area contributed by atoms with Gasteiger partial charge in [-0.3, -0.25) is 0 Å². The molecular formula is C10H12N2O3. The number of aliphatic hydroxyl groups excluding tert-OH is 2. The van der Waals surface area contributed by atoms with Crippen molar-refractivity contribution in [2.45, 2.75) is 19.4 Å². The maximum absolute atomic E-state index is 9.26. The molecular weight excluding hydrogens is 196 g/mol. The summed E-state index contributed by atoms with van der Waals surface area (Å²) in [5.41, 5.74) is 4.41. The monoisotopic (exact) mass is 208 g/mol. The molecule has 0 saturated heterocycles. The Morgan fingerprint density at radius 2 is 1.93 bits per heavy atom. The number of rotatable bonds is 1. The fourth-order valence-corrected chi connectivity index (χ4v) is 1.24. The third-order valence-electron chi connectivity index (χ3n) is 2.12. The Bertz CT molecular complexity index is 375. The summed E-state index contributed by atoms with van der Waals surface area (Å²) in [4.78, 5) is 8.56. The second-order valence-electron chi connectivity index (χ2n) is 3.37. The molecule has 80 valence electrons. The maximum atomic E-state index is 9.26. The number of aliphatic hydroxyl groups is 2. The Balaban J connectivity index is 2.24. The predicted octanol–water partition coefficient (Wildman–Crippen LogP) is -0.0868. The summed E-state index contributed by atoms with van der Waals surface area (Å²) < 4.78 is 0. The van der Waals surface area contributed by atoms with Crippen LogP contribution in [0, 0.1) is 6.92 Å². The van der Waals surface area contributed by atoms with Crippen LogP contribution in [0.2, 0.25) is 0 Å². The smallest absolute Gasteiger partial charge is 0.228 e. The van der Waals surface area contributed by atoms with Gasteiger partial charge < -0.3 is 10.2 Å². The normalized spacial score (nSPS) is 25.7. The van der Waals surface area contributed by atoms with Gasteiger partial charge in [-0.1, -0.05) is 29.8 Å². The highest BCUT2D eigenvalue weighted by molar-refractivity contribution is 5.98. The molecule has 0 saturated carbocycles. The van der Waals surface area contributed by atoms with Crippen LogP contribution in [-0.2, 0) is 4.84 Å². The van der Waals surface area contributed by atoms with Gasteiger partial charge in [-0.25, -0.2) is 15.3 Å². The molecule has 1 heterocycles. The molecule has 2 atom stereocenters. The summed E-state index contributed by atoms with van der Waals surface area (Å²) in [5.74, 6) is 0.410. The second kappa shape index (κ2) is 3.98. The van der Waals surface area contributed by atoms with E-state index in [0.717, 1.165) is 11.1 Å². The van der Waals surface area contributed by atoms with E-state index in [1.807, 2.05) is 31.2 Å². The van der Waals surface area contributed by atoms with Gasteiger partial charge in [0.15, 0.2) is 5.84 Å². The summed E-state index contributed by atoms with van der Waals surface area (Å²) in [6.07, 6.45) is -2.57. The fraction of sp³-hybridized carbons (Fsp3) is 0.300. The van der Waals surface area contributed by atoms with Gasteiger partial charge in [0.1, 0.15) is 0 Å². The van der Waals surface area contributed by atoms with E-state index >= 15 is 0 Å². The van der Waals surface area contributed by atoms with Crippen LogP contribution >= 0.6 is 0 Å². The highest BCUT2D eigenvalue weighted by atomic mass is 16.7. The fourth-order valence-electron chi connectivity index (χ4n) is 1.24. The lowest BCUT2D eigenvalue weighted by molar-refractivity contribution is -0.188. The van der Waals surface area contributed by atoms with E-state index in [1.165, 1.54) is 0 Å². The van der Waals surface area contributed by atoms with Gasteiger partial charge in [-0.2, -0.15) is 0 Å². The number of aliphatic imine (C=N–C) groups is 1. The zero-order valence-electron chi connectivity index (χ0n) is 8.21. The number of nitrogens with zero attached hydrogens (tertiary/aromatic N) is 1. The van der Waals surface area contributed by atoms with Gasteiger partial charge >= 0.3 is 0 Å². The number of benzene rings is 1. The van der Waals surface area contributed by atoms with Crippen LogP contribution in [0.4, 0.5) is 0 Å². The highest BCUT2D eigenvalue weighted by Gasteiger charge is 2.23. The second-order valence-corrected chi connectivity index (χ2v) is 3.37. The van der Waals surface area contributed by atoms with Crippen molar-refractivity contribution in [2.24, 2.45) is 4.99 Å². The zero-order valence-corrected chi connectivity index (χ0v) is 8.21. The van der Waals surface area contributed by atoms with Crippen LogP contribution in [0.1, 0.15) is 11.1 Å². The lowest BCUT2D eigenvalue weighted by Gasteiger charge is -2.22. The SMILES string of the molecule is Cc1ccc(C2=N[C@@H](O)[C@H](O)ON2)cc1. The van der Waals surface area contributed by atoms with Crippen LogP contribution in [0.3, 0.4) is 0 Å². The molecule has 0 amide bonds. The molecule has 1 aliphatic rings. The minimum absolute atomic E-state index is 0.410. The number of nitrogens with one attached hydrogen (secondary N) is 1. The third kappa shape index (κ3) is 2.15. The average molecular weight is 208 g/mol. The van der Waals surface area contributed by atoms with E-state index in [9.17, 15) is 5.11 Å². The summed E-state index contributed by atoms with van der Waals surface area (Å²) >= 11 is 0. The van der Waals surface area contributed by atoms with Crippen molar-refractivity contribution in [3.8, 4) is 0 Å². The van der Waals surface area contributed by atoms with E-state index in [4.69, 9.17) is 9.94 Å². The van der Waals surface area contributed by atoms with Gasteiger partial charge in [0.2, 0.25) is 12.5 Å². The van der Waals surface area contributed by atoms with Crippen LogP contribution in [0.25, 0.3) is 0 Å². The molecule has 3 N–H and O–H groups in total. The highest BCUT2D eigenvalue weighted by Crippen LogP contribution is 2.09. The van der Waals surface area contributed by atoms with E-state index in [-0.39, 0.29) is 0 Å². The Hall–Kier alpha value is -1.43.